The van der Waals surface area contributed by atoms with Gasteiger partial charge in [-0.05, 0) is 36.6 Å². The van der Waals surface area contributed by atoms with Crippen LogP contribution < -0.4 is 5.32 Å². The highest BCUT2D eigenvalue weighted by atomic mass is 32.1. The van der Waals surface area contributed by atoms with Crippen LogP contribution in [0.15, 0.2) is 17.5 Å². The average molecular weight is 338 g/mol. The van der Waals surface area contributed by atoms with Crippen molar-refractivity contribution in [1.82, 2.24) is 10.2 Å². The third-order valence-electron chi connectivity index (χ3n) is 4.13. The lowest BCUT2D eigenvalue weighted by Gasteiger charge is -2.32. The molecule has 0 aliphatic carbocycles. The summed E-state index contributed by atoms with van der Waals surface area (Å²) in [6.45, 7) is 5.25. The van der Waals surface area contributed by atoms with Gasteiger partial charge in [-0.25, -0.2) is 0 Å². The first-order chi connectivity index (χ1) is 11.0. The van der Waals surface area contributed by atoms with Gasteiger partial charge in [0.05, 0.1) is 23.4 Å². The van der Waals surface area contributed by atoms with E-state index < -0.39 is 0 Å². The smallest absolute Gasteiger partial charge is 0.263 e. The van der Waals surface area contributed by atoms with Crippen LogP contribution in [-0.2, 0) is 4.79 Å². The van der Waals surface area contributed by atoms with E-state index in [2.05, 4.69) is 19.2 Å². The molecule has 1 aliphatic rings. The van der Waals surface area contributed by atoms with Gasteiger partial charge in [0, 0.05) is 13.1 Å². The number of nitrogens with zero attached hydrogens (tertiary/aromatic N) is 1. The lowest BCUT2D eigenvalue weighted by Crippen LogP contribution is -2.48. The number of nitrogens with one attached hydrogen (secondary N) is 1. The standard InChI is InChI=1S/C17H26N2O3S/c1-12(2)9-14(11-20)18-16(21)13-5-3-7-19(10-13)17(22)15-6-4-8-23-15/h4,6,8,12-14,20H,3,5,7,9-11H2,1-2H3,(H,18,21). The van der Waals surface area contributed by atoms with E-state index in [0.717, 1.165) is 24.1 Å². The summed E-state index contributed by atoms with van der Waals surface area (Å²) in [5.41, 5.74) is 0. The van der Waals surface area contributed by atoms with Gasteiger partial charge in [0.25, 0.3) is 5.91 Å². The highest BCUT2D eigenvalue weighted by Crippen LogP contribution is 2.21. The molecule has 1 saturated heterocycles. The summed E-state index contributed by atoms with van der Waals surface area (Å²) in [7, 11) is 0. The van der Waals surface area contributed by atoms with E-state index in [-0.39, 0.29) is 30.4 Å². The monoisotopic (exact) mass is 338 g/mol. The van der Waals surface area contributed by atoms with Crippen LogP contribution in [0.25, 0.3) is 0 Å². The molecule has 2 unspecified atom stereocenters. The van der Waals surface area contributed by atoms with Crippen LogP contribution >= 0.6 is 11.3 Å². The Balaban J connectivity index is 1.92. The zero-order chi connectivity index (χ0) is 16.8. The van der Waals surface area contributed by atoms with Gasteiger partial charge in [0.2, 0.25) is 5.91 Å². The van der Waals surface area contributed by atoms with Crippen molar-refractivity contribution in [3.63, 3.8) is 0 Å². The molecule has 5 nitrogen and oxygen atoms in total. The molecule has 0 bridgehead atoms. The molecule has 0 radical (unpaired) electrons. The van der Waals surface area contributed by atoms with Crippen molar-refractivity contribution in [2.24, 2.45) is 11.8 Å². The summed E-state index contributed by atoms with van der Waals surface area (Å²) in [4.78, 5) is 27.4. The van der Waals surface area contributed by atoms with Crippen molar-refractivity contribution in [2.75, 3.05) is 19.7 Å². The fourth-order valence-corrected chi connectivity index (χ4v) is 3.69. The van der Waals surface area contributed by atoms with Crippen LogP contribution in [0.4, 0.5) is 0 Å². The number of carbonyl (C=O) groups is 2. The molecule has 1 aromatic heterocycles. The lowest BCUT2D eigenvalue weighted by molar-refractivity contribution is -0.127. The summed E-state index contributed by atoms with van der Waals surface area (Å²) < 4.78 is 0. The highest BCUT2D eigenvalue weighted by Gasteiger charge is 2.30. The first-order valence-electron chi connectivity index (χ1n) is 8.25. The van der Waals surface area contributed by atoms with Gasteiger partial charge >= 0.3 is 0 Å². The molecule has 2 amide bonds. The second kappa shape index (κ2) is 8.45. The van der Waals surface area contributed by atoms with E-state index in [4.69, 9.17) is 0 Å². The van der Waals surface area contributed by atoms with Crippen LogP contribution in [0.1, 0.15) is 42.8 Å². The number of carbonyl (C=O) groups excluding carboxylic acids is 2. The second-order valence-corrected chi connectivity index (χ2v) is 7.53. The van der Waals surface area contributed by atoms with E-state index in [1.165, 1.54) is 11.3 Å². The first-order valence-corrected chi connectivity index (χ1v) is 9.13. The van der Waals surface area contributed by atoms with Gasteiger partial charge in [-0.1, -0.05) is 19.9 Å². The molecular weight excluding hydrogens is 312 g/mol. The van der Waals surface area contributed by atoms with E-state index in [1.807, 2.05) is 17.5 Å². The molecule has 2 rings (SSSR count). The van der Waals surface area contributed by atoms with Gasteiger partial charge in [0.1, 0.15) is 0 Å². The number of hydrogen-bond acceptors (Lipinski definition) is 4. The Hall–Kier alpha value is -1.40. The molecule has 23 heavy (non-hydrogen) atoms. The summed E-state index contributed by atoms with van der Waals surface area (Å²) in [6.07, 6.45) is 2.38. The topological polar surface area (TPSA) is 69.6 Å². The van der Waals surface area contributed by atoms with E-state index in [9.17, 15) is 14.7 Å². The Bertz CT molecular complexity index is 516. The maximum Gasteiger partial charge on any atom is 0.263 e. The fraction of sp³-hybridized carbons (Fsp3) is 0.647. The van der Waals surface area contributed by atoms with Gasteiger partial charge in [-0.3, -0.25) is 9.59 Å². The van der Waals surface area contributed by atoms with Crippen molar-refractivity contribution < 1.29 is 14.7 Å². The number of piperidine rings is 1. The van der Waals surface area contributed by atoms with Crippen molar-refractivity contribution in [3.8, 4) is 0 Å². The third-order valence-corrected chi connectivity index (χ3v) is 4.99. The number of aliphatic hydroxyl groups excluding tert-OH is 1. The van der Waals surface area contributed by atoms with E-state index in [1.54, 1.807) is 4.90 Å². The van der Waals surface area contributed by atoms with Crippen LogP contribution in [0.3, 0.4) is 0 Å². The largest absolute Gasteiger partial charge is 0.394 e. The van der Waals surface area contributed by atoms with Crippen LogP contribution in [0.5, 0.6) is 0 Å². The summed E-state index contributed by atoms with van der Waals surface area (Å²) >= 11 is 1.43. The number of amides is 2. The highest BCUT2D eigenvalue weighted by molar-refractivity contribution is 7.12. The van der Waals surface area contributed by atoms with Gasteiger partial charge < -0.3 is 15.3 Å². The molecule has 2 atom stereocenters. The van der Waals surface area contributed by atoms with E-state index in [0.29, 0.717) is 19.0 Å². The van der Waals surface area contributed by atoms with Gasteiger partial charge in [0.15, 0.2) is 0 Å². The number of aliphatic hydroxyl groups is 1. The van der Waals surface area contributed by atoms with Crippen LogP contribution in [-0.4, -0.2) is 47.6 Å². The van der Waals surface area contributed by atoms with Gasteiger partial charge in [-0.2, -0.15) is 0 Å². The van der Waals surface area contributed by atoms with Crippen molar-refractivity contribution in [3.05, 3.63) is 22.4 Å². The molecule has 0 aromatic carbocycles. The zero-order valence-electron chi connectivity index (χ0n) is 13.8. The lowest BCUT2D eigenvalue weighted by atomic mass is 9.95. The molecule has 1 aliphatic heterocycles. The molecule has 0 saturated carbocycles. The third kappa shape index (κ3) is 5.04. The molecule has 6 heteroatoms. The molecule has 1 fully saturated rings. The van der Waals surface area contributed by atoms with E-state index >= 15 is 0 Å². The predicted molar refractivity (Wildman–Crippen MR) is 91.4 cm³/mol. The number of thiophene rings is 1. The molecule has 1 aromatic rings. The zero-order valence-corrected chi connectivity index (χ0v) is 14.6. The maximum absolute atomic E-state index is 12.4. The fourth-order valence-electron chi connectivity index (χ4n) is 3.00. The minimum atomic E-state index is -0.203. The normalized spacial score (nSPS) is 19.7. The Morgan fingerprint density at radius 3 is 2.87 bits per heavy atom. The molecule has 2 heterocycles. The average Bonchev–Trinajstić information content (AvgIpc) is 3.07. The summed E-state index contributed by atoms with van der Waals surface area (Å²) in [6, 6.07) is 3.48. The Labute approximate surface area is 141 Å². The molecule has 2 N–H and O–H groups in total. The van der Waals surface area contributed by atoms with Crippen molar-refractivity contribution in [2.45, 2.75) is 39.2 Å². The van der Waals surface area contributed by atoms with Crippen molar-refractivity contribution in [1.29, 1.82) is 0 Å². The molecule has 128 valence electrons. The second-order valence-electron chi connectivity index (χ2n) is 6.59. The van der Waals surface area contributed by atoms with Crippen LogP contribution in [0, 0.1) is 11.8 Å². The quantitative estimate of drug-likeness (QED) is 0.835. The summed E-state index contributed by atoms with van der Waals surface area (Å²) in [5.74, 6) is 0.191. The number of rotatable bonds is 6. The van der Waals surface area contributed by atoms with Crippen molar-refractivity contribution >= 4 is 23.2 Å². The maximum atomic E-state index is 12.4. The Morgan fingerprint density at radius 2 is 2.26 bits per heavy atom. The minimum absolute atomic E-state index is 0.0124. The summed E-state index contributed by atoms with van der Waals surface area (Å²) in [5, 5.41) is 14.2. The Morgan fingerprint density at radius 1 is 1.48 bits per heavy atom. The molecule has 0 spiro atoms. The SMILES string of the molecule is CC(C)CC(CO)NC(=O)C1CCCN(C(=O)c2cccs2)C1. The van der Waals surface area contributed by atoms with Crippen LogP contribution in [0.2, 0.25) is 0 Å². The minimum Gasteiger partial charge on any atom is -0.394 e. The number of likely N-dealkylation sites (tertiary alicyclic amines) is 1. The molecular formula is C17H26N2O3S. The first kappa shape index (κ1) is 17.9. The van der Waals surface area contributed by atoms with Gasteiger partial charge in [-0.15, -0.1) is 11.3 Å². The predicted octanol–water partition coefficient (Wildman–Crippen LogP) is 2.12. The number of hydrogen-bond donors (Lipinski definition) is 2. The Kier molecular flexibility index (Phi) is 6.59.